The summed E-state index contributed by atoms with van der Waals surface area (Å²) in [6.45, 7) is 33.1. The predicted molar refractivity (Wildman–Crippen MR) is 186 cm³/mol. The van der Waals surface area contributed by atoms with E-state index in [-0.39, 0.29) is 10.8 Å². The van der Waals surface area contributed by atoms with Crippen molar-refractivity contribution in [2.75, 3.05) is 26.4 Å². The molecule has 0 atom stereocenters. The van der Waals surface area contributed by atoms with Gasteiger partial charge in [-0.3, -0.25) is 0 Å². The first-order valence-corrected chi connectivity index (χ1v) is 16.5. The maximum atomic E-state index is 6.31. The highest BCUT2D eigenvalue weighted by atomic mass is 16.5. The highest BCUT2D eigenvalue weighted by molar-refractivity contribution is 5.58. The Morgan fingerprint density at radius 1 is 0.432 bits per heavy atom. The average Bonchev–Trinajstić information content (AvgIpc) is 2.94. The fourth-order valence-electron chi connectivity index (χ4n) is 6.11. The van der Waals surface area contributed by atoms with Crippen molar-refractivity contribution in [1.82, 2.24) is 0 Å². The van der Waals surface area contributed by atoms with Crippen molar-refractivity contribution >= 4 is 0 Å². The third kappa shape index (κ3) is 7.73. The van der Waals surface area contributed by atoms with Crippen molar-refractivity contribution in [3.63, 3.8) is 0 Å². The molecule has 242 valence electrons. The first-order chi connectivity index (χ1) is 20.6. The third-order valence-electron chi connectivity index (χ3n) is 8.83. The van der Waals surface area contributed by atoms with Crippen molar-refractivity contribution in [2.24, 2.45) is 0 Å². The molecule has 0 N–H and O–H groups in total. The topological polar surface area (TPSA) is 36.9 Å². The lowest BCUT2D eigenvalue weighted by atomic mass is 9.81. The molecule has 0 saturated heterocycles. The van der Waals surface area contributed by atoms with Gasteiger partial charge >= 0.3 is 0 Å². The normalized spacial score (nSPS) is 12.0. The van der Waals surface area contributed by atoms with E-state index >= 15 is 0 Å². The van der Waals surface area contributed by atoms with Gasteiger partial charge in [0.25, 0.3) is 0 Å². The molecule has 0 fully saturated rings. The van der Waals surface area contributed by atoms with Crippen LogP contribution >= 0.6 is 0 Å². The molecule has 0 spiro atoms. The molecule has 0 aromatic heterocycles. The van der Waals surface area contributed by atoms with Crippen molar-refractivity contribution in [1.29, 1.82) is 0 Å². The van der Waals surface area contributed by atoms with Crippen molar-refractivity contribution in [2.45, 2.75) is 121 Å². The second-order valence-corrected chi connectivity index (χ2v) is 14.0. The standard InChI is InChI=1S/C40H58O4/c1-15-41-35-23-33(39(9,10)11)37(43-17-3)21-29(35)19-31-27(7)25(5)26(6)28(8)32(31)20-30-22-38(44-18-4)34(40(12,13)14)24-36(30)42-16-2/h21-24H,15-20H2,1-14H3. The zero-order chi connectivity index (χ0) is 33.0. The van der Waals surface area contributed by atoms with Gasteiger partial charge in [0.05, 0.1) is 26.4 Å². The molecule has 0 radical (unpaired) electrons. The molecule has 0 amide bonds. The molecular formula is C40H58O4. The fraction of sp³-hybridized carbons (Fsp3) is 0.550. The van der Waals surface area contributed by atoms with Gasteiger partial charge in [-0.15, -0.1) is 0 Å². The lowest BCUT2D eigenvalue weighted by molar-refractivity contribution is 0.319. The van der Waals surface area contributed by atoms with Gasteiger partial charge in [0.15, 0.2) is 0 Å². The van der Waals surface area contributed by atoms with Gasteiger partial charge in [-0.2, -0.15) is 0 Å². The van der Waals surface area contributed by atoms with Crippen LogP contribution in [0, 0.1) is 27.7 Å². The summed E-state index contributed by atoms with van der Waals surface area (Å²) in [7, 11) is 0. The molecule has 0 saturated carbocycles. The highest BCUT2D eigenvalue weighted by Gasteiger charge is 2.26. The van der Waals surface area contributed by atoms with E-state index in [1.807, 2.05) is 0 Å². The van der Waals surface area contributed by atoms with Crippen LogP contribution < -0.4 is 18.9 Å². The van der Waals surface area contributed by atoms with E-state index in [0.717, 1.165) is 47.0 Å². The Hall–Kier alpha value is -3.14. The lowest BCUT2D eigenvalue weighted by Crippen LogP contribution is -2.16. The first kappa shape index (κ1) is 35.3. The van der Waals surface area contributed by atoms with Crippen LogP contribution in [-0.2, 0) is 23.7 Å². The summed E-state index contributed by atoms with van der Waals surface area (Å²) in [6, 6.07) is 8.86. The summed E-state index contributed by atoms with van der Waals surface area (Å²) in [5, 5.41) is 0. The second kappa shape index (κ2) is 14.3. The Morgan fingerprint density at radius 3 is 1.00 bits per heavy atom. The molecule has 0 unspecified atom stereocenters. The Balaban J connectivity index is 2.29. The van der Waals surface area contributed by atoms with E-state index in [2.05, 4.69) is 121 Å². The highest BCUT2D eigenvalue weighted by Crippen LogP contribution is 2.42. The summed E-state index contributed by atoms with van der Waals surface area (Å²) in [4.78, 5) is 0. The zero-order valence-corrected chi connectivity index (χ0v) is 30.2. The third-order valence-corrected chi connectivity index (χ3v) is 8.83. The van der Waals surface area contributed by atoms with Crippen LogP contribution in [0.1, 0.15) is 125 Å². The Bertz CT molecular complexity index is 1340. The SMILES string of the molecule is CCOc1cc(C(C)(C)C)c(OCC)cc1Cc1c(C)c(C)c(C)c(C)c1Cc1cc(OCC)c(C(C)(C)C)cc1OCC. The Labute approximate surface area is 268 Å². The molecule has 0 aliphatic heterocycles. The lowest BCUT2D eigenvalue weighted by Gasteiger charge is -2.27. The van der Waals surface area contributed by atoms with Crippen LogP contribution in [0.4, 0.5) is 0 Å². The second-order valence-electron chi connectivity index (χ2n) is 14.0. The van der Waals surface area contributed by atoms with E-state index in [0.29, 0.717) is 26.4 Å². The minimum atomic E-state index is -0.0693. The summed E-state index contributed by atoms with van der Waals surface area (Å²) in [6.07, 6.45) is 1.51. The molecule has 0 aliphatic rings. The smallest absolute Gasteiger partial charge is 0.123 e. The number of rotatable bonds is 12. The molecule has 3 aromatic carbocycles. The van der Waals surface area contributed by atoms with Crippen LogP contribution in [0.5, 0.6) is 23.0 Å². The largest absolute Gasteiger partial charge is 0.494 e. The van der Waals surface area contributed by atoms with Crippen LogP contribution in [0.2, 0.25) is 0 Å². The maximum Gasteiger partial charge on any atom is 0.123 e. The van der Waals surface area contributed by atoms with E-state index < -0.39 is 0 Å². The minimum Gasteiger partial charge on any atom is -0.494 e. The van der Waals surface area contributed by atoms with Gasteiger partial charge in [0.1, 0.15) is 23.0 Å². The van der Waals surface area contributed by atoms with E-state index in [1.54, 1.807) is 0 Å². The number of hydrogen-bond donors (Lipinski definition) is 0. The number of hydrogen-bond acceptors (Lipinski definition) is 4. The van der Waals surface area contributed by atoms with Crippen LogP contribution in [-0.4, -0.2) is 26.4 Å². The molecule has 3 rings (SSSR count). The summed E-state index contributed by atoms with van der Waals surface area (Å²) < 4.78 is 25.1. The van der Waals surface area contributed by atoms with Gasteiger partial charge in [0, 0.05) is 35.1 Å². The fourth-order valence-corrected chi connectivity index (χ4v) is 6.11. The van der Waals surface area contributed by atoms with Crippen molar-refractivity contribution in [3.8, 4) is 23.0 Å². The van der Waals surface area contributed by atoms with E-state index in [4.69, 9.17) is 18.9 Å². The van der Waals surface area contributed by atoms with Crippen molar-refractivity contribution in [3.05, 3.63) is 79.9 Å². The summed E-state index contributed by atoms with van der Waals surface area (Å²) >= 11 is 0. The molecule has 0 bridgehead atoms. The maximum absolute atomic E-state index is 6.31. The van der Waals surface area contributed by atoms with Gasteiger partial charge in [-0.25, -0.2) is 0 Å². The monoisotopic (exact) mass is 602 g/mol. The van der Waals surface area contributed by atoms with Crippen LogP contribution in [0.25, 0.3) is 0 Å². The molecular weight excluding hydrogens is 544 g/mol. The van der Waals surface area contributed by atoms with Crippen LogP contribution in [0.3, 0.4) is 0 Å². The molecule has 4 nitrogen and oxygen atoms in total. The molecule has 4 heteroatoms. The summed E-state index contributed by atoms with van der Waals surface area (Å²) in [5.74, 6) is 3.75. The average molecular weight is 603 g/mol. The molecule has 0 heterocycles. The van der Waals surface area contributed by atoms with Crippen molar-refractivity contribution < 1.29 is 18.9 Å². The Morgan fingerprint density at radius 2 is 0.727 bits per heavy atom. The summed E-state index contributed by atoms with van der Waals surface area (Å²) in [5.41, 5.74) is 12.5. The first-order valence-electron chi connectivity index (χ1n) is 16.5. The number of ether oxygens (including phenoxy) is 4. The molecule has 0 aliphatic carbocycles. The quantitative estimate of drug-likeness (QED) is 0.207. The molecule has 3 aromatic rings. The number of benzene rings is 3. The van der Waals surface area contributed by atoms with Gasteiger partial charge in [-0.05, 0) is 124 Å². The Kier molecular flexibility index (Phi) is 11.5. The van der Waals surface area contributed by atoms with Crippen LogP contribution in [0.15, 0.2) is 24.3 Å². The van der Waals surface area contributed by atoms with Gasteiger partial charge in [0.2, 0.25) is 0 Å². The van der Waals surface area contributed by atoms with Gasteiger partial charge < -0.3 is 18.9 Å². The molecule has 44 heavy (non-hydrogen) atoms. The predicted octanol–water partition coefficient (Wildman–Crippen LogP) is 10.3. The minimum absolute atomic E-state index is 0.0693. The van der Waals surface area contributed by atoms with Gasteiger partial charge in [-0.1, -0.05) is 41.5 Å². The van der Waals surface area contributed by atoms with E-state index in [9.17, 15) is 0 Å². The zero-order valence-electron chi connectivity index (χ0n) is 30.2. The van der Waals surface area contributed by atoms with E-state index in [1.165, 1.54) is 44.5 Å².